The van der Waals surface area contributed by atoms with Crippen LogP contribution in [0.4, 0.5) is 21.5 Å². The Morgan fingerprint density at radius 3 is 2.66 bits per heavy atom. The summed E-state index contributed by atoms with van der Waals surface area (Å²) in [6.07, 6.45) is 5.21. The summed E-state index contributed by atoms with van der Waals surface area (Å²) in [7, 11) is 0. The van der Waals surface area contributed by atoms with E-state index in [-0.39, 0.29) is 6.04 Å². The molecule has 1 unspecified atom stereocenters. The average molecular weight is 545 g/mol. The number of anilines is 3. The van der Waals surface area contributed by atoms with Crippen molar-refractivity contribution in [3.63, 3.8) is 0 Å². The second-order valence-corrected chi connectivity index (χ2v) is 9.81. The van der Waals surface area contributed by atoms with E-state index in [9.17, 15) is 11.0 Å². The summed E-state index contributed by atoms with van der Waals surface area (Å²) >= 11 is 12.8. The summed E-state index contributed by atoms with van der Waals surface area (Å²) in [5.41, 5.74) is 3.23. The van der Waals surface area contributed by atoms with Crippen LogP contribution in [0, 0.1) is 17.1 Å². The van der Waals surface area contributed by atoms with Crippen LogP contribution in [-0.4, -0.2) is 20.0 Å². The van der Waals surface area contributed by atoms with Crippen LogP contribution in [0.15, 0.2) is 73.1 Å². The number of nitrogens with zero attached hydrogens (tertiary/aromatic N) is 5. The quantitative estimate of drug-likeness (QED) is 0.221. The molecule has 5 aromatic rings. The van der Waals surface area contributed by atoms with E-state index in [1.807, 2.05) is 6.07 Å². The first-order chi connectivity index (χ1) is 18.8. The Hall–Kier alpha value is -4.19. The fraction of sp³-hybridized carbons (Fsp3) is 0.143. The first-order valence-electron chi connectivity index (χ1n) is 12.4. The van der Waals surface area contributed by atoms with E-state index in [1.54, 1.807) is 41.2 Å². The number of halogens is 3. The van der Waals surface area contributed by atoms with Crippen molar-refractivity contribution in [1.82, 2.24) is 20.0 Å². The van der Waals surface area contributed by atoms with Gasteiger partial charge in [-0.2, -0.15) is 5.26 Å². The minimum absolute atomic E-state index is 0.273. The molecule has 1 fully saturated rings. The molecule has 2 N–H and O–H groups in total. The number of rotatable bonds is 7. The van der Waals surface area contributed by atoms with E-state index in [2.05, 4.69) is 32.0 Å². The van der Waals surface area contributed by atoms with Gasteiger partial charge < -0.3 is 10.6 Å². The van der Waals surface area contributed by atoms with Crippen molar-refractivity contribution < 1.29 is 5.76 Å². The maximum atomic E-state index is 13.8. The van der Waals surface area contributed by atoms with E-state index in [0.29, 0.717) is 54.8 Å². The predicted molar refractivity (Wildman–Crippen MR) is 146 cm³/mol. The predicted octanol–water partition coefficient (Wildman–Crippen LogP) is 7.42. The van der Waals surface area contributed by atoms with Crippen LogP contribution < -0.4 is 10.6 Å². The zero-order valence-corrected chi connectivity index (χ0v) is 21.3. The summed E-state index contributed by atoms with van der Waals surface area (Å²) in [6.45, 7) is 0. The molecule has 6 rings (SSSR count). The van der Waals surface area contributed by atoms with Gasteiger partial charge in [-0.15, -0.1) is 5.10 Å². The van der Waals surface area contributed by atoms with Crippen LogP contribution in [0.25, 0.3) is 10.9 Å². The molecule has 38 heavy (non-hydrogen) atoms. The largest absolute Gasteiger partial charge is 0.373 e. The molecular weight excluding hydrogens is 524 g/mol. The molecule has 1 atom stereocenters. The maximum Gasteiger partial charge on any atom is 0.123 e. The molecule has 10 heteroatoms. The van der Waals surface area contributed by atoms with Gasteiger partial charge >= 0.3 is 0 Å². The lowest BCUT2D eigenvalue weighted by Crippen LogP contribution is -2.13. The Balaban J connectivity index is 1.48. The fourth-order valence-electron chi connectivity index (χ4n) is 4.22. The number of aromatic nitrogens is 4. The highest BCUT2D eigenvalue weighted by Gasteiger charge is 2.27. The van der Waals surface area contributed by atoms with Gasteiger partial charge in [0.25, 0.3) is 0 Å². The molecule has 7 nitrogen and oxygen atoms in total. The fourth-order valence-corrected chi connectivity index (χ4v) is 4.67. The number of fused-ring (bicyclic) bond motifs is 1. The average Bonchev–Trinajstić information content (AvgIpc) is 3.65. The molecule has 0 spiro atoms. The molecular formula is C28H20Cl2FN7. The summed E-state index contributed by atoms with van der Waals surface area (Å²) in [6, 6.07) is 17.0. The lowest BCUT2D eigenvalue weighted by atomic mass is 10.0. The first-order valence-corrected chi connectivity index (χ1v) is 12.6. The van der Waals surface area contributed by atoms with Crippen molar-refractivity contribution in [2.24, 2.45) is 0 Å². The highest BCUT2D eigenvalue weighted by atomic mass is 35.5. The van der Waals surface area contributed by atoms with Gasteiger partial charge in [-0.25, -0.2) is 9.07 Å². The van der Waals surface area contributed by atoms with Gasteiger partial charge in [0, 0.05) is 28.0 Å². The smallest absolute Gasteiger partial charge is 0.123 e. The lowest BCUT2D eigenvalue weighted by molar-refractivity contribution is 0.610. The second kappa shape index (κ2) is 9.93. The normalized spacial score (nSPS) is 14.9. The van der Waals surface area contributed by atoms with E-state index >= 15 is 0 Å². The molecule has 0 bridgehead atoms. The standard InChI is InChI=1S/C28H20Cl2FN7/c29-18-2-1-3-20(10-18)34-26-17(13-32)14-33-28-23(26)11-21(12-24(28)30)35-27(16-4-6-19(31)7-5-16)25-15-38(37-36-25)22-8-9-22/h1-7,10-12,14-15,22,27,35H,8-9H2,(H,33,34)/i27D. The van der Waals surface area contributed by atoms with E-state index in [1.165, 1.54) is 30.5 Å². The highest BCUT2D eigenvalue weighted by molar-refractivity contribution is 6.36. The number of benzene rings is 3. The van der Waals surface area contributed by atoms with Gasteiger partial charge in [0.1, 0.15) is 17.6 Å². The Labute approximate surface area is 229 Å². The molecule has 3 aromatic carbocycles. The van der Waals surface area contributed by atoms with Crippen molar-refractivity contribution in [3.8, 4) is 6.07 Å². The number of pyridine rings is 1. The van der Waals surface area contributed by atoms with Crippen molar-refractivity contribution in [3.05, 3.63) is 106 Å². The Morgan fingerprint density at radius 2 is 1.92 bits per heavy atom. The Bertz CT molecular complexity index is 1750. The summed E-state index contributed by atoms with van der Waals surface area (Å²) in [5, 5.41) is 26.3. The van der Waals surface area contributed by atoms with Gasteiger partial charge in [-0.3, -0.25) is 4.98 Å². The number of nitriles is 1. The van der Waals surface area contributed by atoms with Crippen molar-refractivity contribution in [1.29, 1.82) is 5.26 Å². The van der Waals surface area contributed by atoms with Gasteiger partial charge in [0.2, 0.25) is 0 Å². The van der Waals surface area contributed by atoms with Crippen LogP contribution >= 0.6 is 23.2 Å². The van der Waals surface area contributed by atoms with Crippen LogP contribution in [0.1, 0.15) is 43.1 Å². The minimum Gasteiger partial charge on any atom is -0.373 e. The lowest BCUT2D eigenvalue weighted by Gasteiger charge is -2.20. The highest BCUT2D eigenvalue weighted by Crippen LogP contribution is 2.38. The van der Waals surface area contributed by atoms with Crippen molar-refractivity contribution in [2.45, 2.75) is 24.9 Å². The third kappa shape index (κ3) is 4.86. The zero-order chi connectivity index (χ0) is 27.1. The van der Waals surface area contributed by atoms with E-state index in [4.69, 9.17) is 23.2 Å². The van der Waals surface area contributed by atoms with Crippen LogP contribution in [0.3, 0.4) is 0 Å². The number of hydrogen-bond acceptors (Lipinski definition) is 6. The van der Waals surface area contributed by atoms with E-state index < -0.39 is 11.8 Å². The van der Waals surface area contributed by atoms with Gasteiger partial charge in [0.05, 0.1) is 41.4 Å². The third-order valence-electron chi connectivity index (χ3n) is 6.23. The van der Waals surface area contributed by atoms with Crippen LogP contribution in [0.2, 0.25) is 10.0 Å². The van der Waals surface area contributed by atoms with Crippen molar-refractivity contribution >= 4 is 51.2 Å². The maximum absolute atomic E-state index is 13.8. The molecule has 1 aliphatic carbocycles. The zero-order valence-electron chi connectivity index (χ0n) is 20.8. The molecule has 0 saturated heterocycles. The third-order valence-corrected chi connectivity index (χ3v) is 6.75. The molecule has 2 heterocycles. The molecule has 0 amide bonds. The monoisotopic (exact) mass is 544 g/mol. The Kier molecular flexibility index (Phi) is 6.00. The second-order valence-electron chi connectivity index (χ2n) is 8.97. The topological polar surface area (TPSA) is 91.5 Å². The van der Waals surface area contributed by atoms with Crippen LogP contribution in [0.5, 0.6) is 0 Å². The van der Waals surface area contributed by atoms with E-state index in [0.717, 1.165) is 12.8 Å². The molecule has 0 aliphatic heterocycles. The SMILES string of the molecule is [2H]C(Nc1cc(Cl)c2ncc(C#N)c(Nc3cccc(Cl)c3)c2c1)(c1ccc(F)cc1)c1cn(C2CC2)nn1. The first kappa shape index (κ1) is 23.0. The van der Waals surface area contributed by atoms with Gasteiger partial charge in [-0.1, -0.05) is 46.6 Å². The van der Waals surface area contributed by atoms with Gasteiger partial charge in [0.15, 0.2) is 0 Å². The minimum atomic E-state index is -1.63. The van der Waals surface area contributed by atoms with Gasteiger partial charge in [-0.05, 0) is 60.9 Å². The molecule has 188 valence electrons. The Morgan fingerprint density at radius 1 is 1.11 bits per heavy atom. The summed E-state index contributed by atoms with van der Waals surface area (Å²) < 4.78 is 25.1. The molecule has 1 saturated carbocycles. The number of hydrogen-bond donors (Lipinski definition) is 2. The molecule has 1 aliphatic rings. The molecule has 0 radical (unpaired) electrons. The number of nitrogens with one attached hydrogen (secondary N) is 2. The summed E-state index contributed by atoms with van der Waals surface area (Å²) in [4.78, 5) is 4.40. The summed E-state index contributed by atoms with van der Waals surface area (Å²) in [5.74, 6) is -0.414. The molecule has 2 aromatic heterocycles. The van der Waals surface area contributed by atoms with Crippen LogP contribution in [-0.2, 0) is 0 Å². The van der Waals surface area contributed by atoms with Crippen molar-refractivity contribution in [2.75, 3.05) is 10.6 Å².